The molecule has 2 aliphatic heterocycles. The minimum atomic E-state index is -0.0517. The largest absolute Gasteiger partial charge is 0.380 e. The average Bonchev–Trinajstić information content (AvgIpc) is 2.87. The van der Waals surface area contributed by atoms with E-state index in [1.54, 1.807) is 0 Å². The number of hydrogen-bond acceptors (Lipinski definition) is 4. The Morgan fingerprint density at radius 2 is 1.91 bits per heavy atom. The van der Waals surface area contributed by atoms with Gasteiger partial charge in [0.1, 0.15) is 0 Å². The van der Waals surface area contributed by atoms with Crippen LogP contribution in [0.4, 0.5) is 5.69 Å². The maximum atomic E-state index is 12.4. The van der Waals surface area contributed by atoms with Crippen LogP contribution >= 0.6 is 0 Å². The molecule has 2 fully saturated rings. The fraction of sp³-hybridized carbons (Fsp3) is 0.588. The molecule has 120 valence electrons. The van der Waals surface area contributed by atoms with Gasteiger partial charge >= 0.3 is 0 Å². The smallest absolute Gasteiger partial charge is 0.254 e. The van der Waals surface area contributed by atoms with Gasteiger partial charge in [-0.05, 0) is 44.5 Å². The first-order chi connectivity index (χ1) is 10.5. The van der Waals surface area contributed by atoms with Crippen LogP contribution in [0.3, 0.4) is 0 Å². The van der Waals surface area contributed by atoms with E-state index in [9.17, 15) is 4.79 Å². The lowest BCUT2D eigenvalue weighted by molar-refractivity contribution is 0.0303. The van der Waals surface area contributed by atoms with E-state index in [2.05, 4.69) is 19.2 Å². The summed E-state index contributed by atoms with van der Waals surface area (Å²) in [5, 5.41) is 3.47. The molecule has 1 atom stereocenters. The summed E-state index contributed by atoms with van der Waals surface area (Å²) in [7, 11) is 0. The first-order valence-electron chi connectivity index (χ1n) is 7.91. The van der Waals surface area contributed by atoms with Crippen molar-refractivity contribution in [3.8, 4) is 0 Å². The lowest BCUT2D eigenvalue weighted by Crippen LogP contribution is -2.40. The van der Waals surface area contributed by atoms with Crippen LogP contribution in [-0.4, -0.2) is 55.4 Å². The summed E-state index contributed by atoms with van der Waals surface area (Å²) in [6, 6.07) is 8.05. The Balaban J connectivity index is 1.59. The zero-order chi connectivity index (χ0) is 15.6. The number of amides is 1. The van der Waals surface area contributed by atoms with Gasteiger partial charge in [0, 0.05) is 24.3 Å². The van der Waals surface area contributed by atoms with Crippen molar-refractivity contribution in [2.24, 2.45) is 0 Å². The van der Waals surface area contributed by atoms with E-state index in [0.717, 1.165) is 24.3 Å². The molecule has 1 aromatic carbocycles. The van der Waals surface area contributed by atoms with Crippen LogP contribution < -0.4 is 5.32 Å². The van der Waals surface area contributed by atoms with Gasteiger partial charge in [0.05, 0.1) is 31.5 Å². The third-order valence-corrected chi connectivity index (χ3v) is 4.21. The van der Waals surface area contributed by atoms with Crippen molar-refractivity contribution in [2.75, 3.05) is 38.2 Å². The minimum Gasteiger partial charge on any atom is -0.380 e. The van der Waals surface area contributed by atoms with Gasteiger partial charge in [0.15, 0.2) is 0 Å². The van der Waals surface area contributed by atoms with Gasteiger partial charge in [0.25, 0.3) is 5.91 Å². The molecule has 5 nitrogen and oxygen atoms in total. The molecule has 0 spiro atoms. The van der Waals surface area contributed by atoms with Crippen LogP contribution in [0.5, 0.6) is 0 Å². The van der Waals surface area contributed by atoms with Crippen molar-refractivity contribution in [1.29, 1.82) is 0 Å². The monoisotopic (exact) mass is 304 g/mol. The second-order valence-electron chi connectivity index (χ2n) is 6.60. The lowest BCUT2D eigenvalue weighted by Gasteiger charge is -2.27. The lowest BCUT2D eigenvalue weighted by atomic mass is 10.0. The Morgan fingerprint density at radius 3 is 2.50 bits per heavy atom. The number of benzene rings is 1. The molecular weight excluding hydrogens is 280 g/mol. The third kappa shape index (κ3) is 3.59. The number of ether oxygens (including phenoxy) is 2. The fourth-order valence-electron chi connectivity index (χ4n) is 3.02. The summed E-state index contributed by atoms with van der Waals surface area (Å²) in [4.78, 5) is 14.2. The van der Waals surface area contributed by atoms with Crippen LogP contribution in [-0.2, 0) is 9.47 Å². The van der Waals surface area contributed by atoms with Crippen LogP contribution in [0, 0.1) is 0 Å². The Bertz CT molecular complexity index is 521. The van der Waals surface area contributed by atoms with E-state index in [-0.39, 0.29) is 11.5 Å². The van der Waals surface area contributed by atoms with Crippen LogP contribution in [0.25, 0.3) is 0 Å². The molecule has 1 N–H and O–H groups in total. The number of rotatable bonds is 3. The second kappa shape index (κ2) is 6.26. The van der Waals surface area contributed by atoms with Crippen molar-refractivity contribution < 1.29 is 14.3 Å². The molecule has 0 saturated carbocycles. The zero-order valence-corrected chi connectivity index (χ0v) is 13.3. The highest BCUT2D eigenvalue weighted by atomic mass is 16.5. The molecule has 1 unspecified atom stereocenters. The van der Waals surface area contributed by atoms with Gasteiger partial charge < -0.3 is 19.7 Å². The number of carbonyl (C=O) groups is 1. The van der Waals surface area contributed by atoms with Gasteiger partial charge in [-0.3, -0.25) is 4.79 Å². The molecule has 1 amide bonds. The molecule has 1 aromatic rings. The normalized spacial score (nSPS) is 24.3. The van der Waals surface area contributed by atoms with Gasteiger partial charge in [-0.2, -0.15) is 0 Å². The molecule has 22 heavy (non-hydrogen) atoms. The van der Waals surface area contributed by atoms with Gasteiger partial charge in [-0.1, -0.05) is 0 Å². The Hall–Kier alpha value is -1.59. The summed E-state index contributed by atoms with van der Waals surface area (Å²) < 4.78 is 11.0. The number of anilines is 1. The van der Waals surface area contributed by atoms with Crippen LogP contribution in [0.2, 0.25) is 0 Å². The van der Waals surface area contributed by atoms with Crippen molar-refractivity contribution in [1.82, 2.24) is 4.90 Å². The Morgan fingerprint density at radius 1 is 1.23 bits per heavy atom. The van der Waals surface area contributed by atoms with Gasteiger partial charge in [0.2, 0.25) is 0 Å². The molecular formula is C17H24N2O3. The van der Waals surface area contributed by atoms with Crippen LogP contribution in [0.15, 0.2) is 24.3 Å². The first-order valence-corrected chi connectivity index (χ1v) is 7.91. The molecule has 2 aliphatic rings. The van der Waals surface area contributed by atoms with Crippen molar-refractivity contribution in [3.05, 3.63) is 29.8 Å². The molecule has 2 saturated heterocycles. The fourth-order valence-corrected chi connectivity index (χ4v) is 3.02. The summed E-state index contributed by atoms with van der Waals surface area (Å²) in [5.41, 5.74) is 1.71. The van der Waals surface area contributed by atoms with E-state index in [1.165, 1.54) is 0 Å². The predicted molar refractivity (Wildman–Crippen MR) is 85.2 cm³/mol. The van der Waals surface area contributed by atoms with Gasteiger partial charge in [-0.15, -0.1) is 0 Å². The topological polar surface area (TPSA) is 50.8 Å². The van der Waals surface area contributed by atoms with Gasteiger partial charge in [-0.25, -0.2) is 0 Å². The average molecular weight is 304 g/mol. The molecule has 3 rings (SSSR count). The van der Waals surface area contributed by atoms with Crippen molar-refractivity contribution in [3.63, 3.8) is 0 Å². The molecule has 5 heteroatoms. The summed E-state index contributed by atoms with van der Waals surface area (Å²) in [6.45, 7) is 7.55. The quantitative estimate of drug-likeness (QED) is 0.929. The molecule has 0 aliphatic carbocycles. The summed E-state index contributed by atoms with van der Waals surface area (Å²) in [6.07, 6.45) is 0.988. The number of carbonyl (C=O) groups excluding carboxylic acids is 1. The number of nitrogens with zero attached hydrogens (tertiary/aromatic N) is 1. The molecule has 2 heterocycles. The number of hydrogen-bond donors (Lipinski definition) is 1. The molecule has 0 bridgehead atoms. The van der Waals surface area contributed by atoms with E-state index in [0.29, 0.717) is 32.3 Å². The second-order valence-corrected chi connectivity index (χ2v) is 6.60. The maximum absolute atomic E-state index is 12.4. The third-order valence-electron chi connectivity index (χ3n) is 4.21. The SMILES string of the molecule is CC1(C)CC(Nc2ccc(C(=O)N3CCOCC3)cc2)CO1. The molecule has 0 radical (unpaired) electrons. The van der Waals surface area contributed by atoms with Crippen LogP contribution in [0.1, 0.15) is 30.6 Å². The highest BCUT2D eigenvalue weighted by Gasteiger charge is 2.31. The number of nitrogens with one attached hydrogen (secondary N) is 1. The molecule has 0 aromatic heterocycles. The highest BCUT2D eigenvalue weighted by molar-refractivity contribution is 5.94. The first kappa shape index (κ1) is 15.3. The summed E-state index contributed by atoms with van der Waals surface area (Å²) >= 11 is 0. The Kier molecular flexibility index (Phi) is 4.36. The van der Waals surface area contributed by atoms with E-state index in [4.69, 9.17) is 9.47 Å². The van der Waals surface area contributed by atoms with E-state index < -0.39 is 0 Å². The van der Waals surface area contributed by atoms with Crippen molar-refractivity contribution >= 4 is 11.6 Å². The Labute approximate surface area is 131 Å². The highest BCUT2D eigenvalue weighted by Crippen LogP contribution is 2.27. The summed E-state index contributed by atoms with van der Waals surface area (Å²) in [5.74, 6) is 0.0835. The number of morpholine rings is 1. The van der Waals surface area contributed by atoms with Crippen molar-refractivity contribution in [2.45, 2.75) is 31.9 Å². The zero-order valence-electron chi connectivity index (χ0n) is 13.3. The van der Waals surface area contributed by atoms with E-state index >= 15 is 0 Å². The minimum absolute atomic E-state index is 0.0517. The standard InChI is InChI=1S/C17H24N2O3/c1-17(2)11-15(12-22-17)18-14-5-3-13(4-6-14)16(20)19-7-9-21-10-8-19/h3-6,15,18H,7-12H2,1-2H3. The predicted octanol–water partition coefficient (Wildman–Crippen LogP) is 2.14. The van der Waals surface area contributed by atoms with E-state index in [1.807, 2.05) is 29.2 Å². The maximum Gasteiger partial charge on any atom is 0.254 e.